The number of cyclic esters (lactones) is 1. The average Bonchev–Trinajstić information content (AvgIpc) is 3.12. The van der Waals surface area contributed by atoms with Crippen molar-refractivity contribution in [1.29, 1.82) is 0 Å². The maximum atomic E-state index is 14.2. The van der Waals surface area contributed by atoms with Crippen molar-refractivity contribution in [2.45, 2.75) is 42.5 Å². The van der Waals surface area contributed by atoms with Gasteiger partial charge < -0.3 is 19.6 Å². The number of fused-ring (bicyclic) bond motifs is 2. The number of hydrogen-bond donors (Lipinski definition) is 1. The Labute approximate surface area is 203 Å². The minimum atomic E-state index is -0.891. The van der Waals surface area contributed by atoms with Gasteiger partial charge in [0.2, 0.25) is 11.8 Å². The fraction of sp³-hybridized carbons (Fsp3) is 0.500. The molecule has 0 saturated carbocycles. The van der Waals surface area contributed by atoms with Crippen LogP contribution in [0.4, 0.5) is 0 Å². The minimum absolute atomic E-state index is 0.0609. The standard InChI is InChI=1S/C26H30N2O5S/c1-16(2)18(15-29)28-22-24(31)27(14-17-8-4-3-5-9-17)12-7-11-26(22)21(23(28)30)20-19(34-26)10-6-13-33-25(20)32/h3-11,16,18-22,29H,12-15H2,1-2H3/t18-,19-,20+,21-,22?,26-/m0/s1. The zero-order chi connectivity index (χ0) is 24.0. The van der Waals surface area contributed by atoms with E-state index >= 15 is 0 Å². The summed E-state index contributed by atoms with van der Waals surface area (Å²) >= 11 is 1.52. The van der Waals surface area contributed by atoms with Gasteiger partial charge in [-0.25, -0.2) is 0 Å². The van der Waals surface area contributed by atoms with Crippen molar-refractivity contribution in [3.8, 4) is 0 Å². The van der Waals surface area contributed by atoms with Crippen LogP contribution in [0, 0.1) is 17.8 Å². The zero-order valence-corrected chi connectivity index (χ0v) is 20.2. The lowest BCUT2D eigenvalue weighted by molar-refractivity contribution is -0.152. The second-order valence-electron chi connectivity index (χ2n) is 9.75. The largest absolute Gasteiger partial charge is 0.461 e. The van der Waals surface area contributed by atoms with E-state index < -0.39 is 34.6 Å². The third kappa shape index (κ3) is 3.50. The molecule has 34 heavy (non-hydrogen) atoms. The van der Waals surface area contributed by atoms with Crippen LogP contribution < -0.4 is 0 Å². The van der Waals surface area contributed by atoms with E-state index in [1.54, 1.807) is 9.80 Å². The molecule has 0 aliphatic carbocycles. The minimum Gasteiger partial charge on any atom is -0.461 e. The molecule has 8 heteroatoms. The lowest BCUT2D eigenvalue weighted by Crippen LogP contribution is -2.57. The summed E-state index contributed by atoms with van der Waals surface area (Å²) in [6, 6.07) is 8.45. The molecule has 7 nitrogen and oxygen atoms in total. The number of carbonyl (C=O) groups is 3. The third-order valence-electron chi connectivity index (χ3n) is 7.47. The molecule has 0 aromatic heterocycles. The van der Waals surface area contributed by atoms with Crippen molar-refractivity contribution < 1.29 is 24.2 Å². The van der Waals surface area contributed by atoms with Gasteiger partial charge in [-0.1, -0.05) is 68.5 Å². The van der Waals surface area contributed by atoms with Crippen molar-refractivity contribution in [3.63, 3.8) is 0 Å². The molecule has 0 bridgehead atoms. The van der Waals surface area contributed by atoms with E-state index in [0.717, 1.165) is 5.56 Å². The number of carbonyl (C=O) groups excluding carboxylic acids is 3. The molecule has 5 rings (SSSR count). The Bertz CT molecular complexity index is 1040. The fourth-order valence-electron chi connectivity index (χ4n) is 5.88. The monoisotopic (exact) mass is 482 g/mol. The first-order valence-corrected chi connectivity index (χ1v) is 12.7. The van der Waals surface area contributed by atoms with Crippen molar-refractivity contribution in [2.75, 3.05) is 19.8 Å². The number of ether oxygens (including phenoxy) is 1. The summed E-state index contributed by atoms with van der Waals surface area (Å²) in [5.41, 5.74) is 1.01. The Balaban J connectivity index is 1.61. The summed E-state index contributed by atoms with van der Waals surface area (Å²) < 4.78 is 4.51. The van der Waals surface area contributed by atoms with E-state index in [9.17, 15) is 19.5 Å². The van der Waals surface area contributed by atoms with Crippen LogP contribution in [0.25, 0.3) is 0 Å². The van der Waals surface area contributed by atoms with Gasteiger partial charge in [0.05, 0.1) is 29.2 Å². The van der Waals surface area contributed by atoms with Crippen LogP contribution in [0.1, 0.15) is 19.4 Å². The third-order valence-corrected chi connectivity index (χ3v) is 9.21. The molecule has 4 heterocycles. The molecule has 0 radical (unpaired) electrons. The summed E-state index contributed by atoms with van der Waals surface area (Å²) in [7, 11) is 0. The predicted molar refractivity (Wildman–Crippen MR) is 129 cm³/mol. The number of rotatable bonds is 5. The van der Waals surface area contributed by atoms with E-state index in [2.05, 4.69) is 0 Å². The Kier molecular flexibility index (Phi) is 6.06. The molecule has 2 amide bonds. The highest BCUT2D eigenvalue weighted by atomic mass is 32.2. The van der Waals surface area contributed by atoms with Gasteiger partial charge in [-0.2, -0.15) is 0 Å². The molecule has 2 fully saturated rings. The molecular formula is C26H30N2O5S. The molecule has 2 saturated heterocycles. The van der Waals surface area contributed by atoms with Crippen LogP contribution in [0.3, 0.4) is 0 Å². The highest BCUT2D eigenvalue weighted by molar-refractivity contribution is 8.02. The second-order valence-corrected chi connectivity index (χ2v) is 11.2. The molecule has 1 N–H and O–H groups in total. The first kappa shape index (κ1) is 23.2. The van der Waals surface area contributed by atoms with Gasteiger partial charge in [-0.3, -0.25) is 14.4 Å². The van der Waals surface area contributed by atoms with Crippen molar-refractivity contribution in [1.82, 2.24) is 9.80 Å². The van der Waals surface area contributed by atoms with Gasteiger partial charge in [0.15, 0.2) is 0 Å². The molecule has 1 aromatic carbocycles. The van der Waals surface area contributed by atoms with E-state index in [-0.39, 0.29) is 36.2 Å². The lowest BCUT2D eigenvalue weighted by atomic mass is 9.78. The Morgan fingerprint density at radius 1 is 1.15 bits per heavy atom. The van der Waals surface area contributed by atoms with Crippen LogP contribution >= 0.6 is 11.8 Å². The predicted octanol–water partition coefficient (Wildman–Crippen LogP) is 2.01. The van der Waals surface area contributed by atoms with Gasteiger partial charge in [-0.05, 0) is 11.5 Å². The van der Waals surface area contributed by atoms with E-state index in [1.807, 2.05) is 68.5 Å². The van der Waals surface area contributed by atoms with Crippen LogP contribution in [0.5, 0.6) is 0 Å². The van der Waals surface area contributed by atoms with Gasteiger partial charge >= 0.3 is 5.97 Å². The summed E-state index contributed by atoms with van der Waals surface area (Å²) in [6.07, 6.45) is 7.71. The molecule has 1 spiro atoms. The van der Waals surface area contributed by atoms with Crippen LogP contribution in [0.15, 0.2) is 54.6 Å². The molecular weight excluding hydrogens is 452 g/mol. The Morgan fingerprint density at radius 3 is 2.62 bits per heavy atom. The number of aliphatic hydroxyl groups excluding tert-OH is 1. The van der Waals surface area contributed by atoms with Crippen LogP contribution in [0.2, 0.25) is 0 Å². The summed E-state index contributed by atoms with van der Waals surface area (Å²) in [4.78, 5) is 44.6. The number of benzene rings is 1. The van der Waals surface area contributed by atoms with E-state index in [1.165, 1.54) is 11.8 Å². The molecule has 6 atom stereocenters. The maximum absolute atomic E-state index is 14.2. The molecule has 4 aliphatic heterocycles. The second kappa shape index (κ2) is 8.89. The number of aliphatic hydroxyl groups is 1. The SMILES string of the molecule is CC(C)[C@H](CO)N1C(=O)[C@@H]2[C@@H]3C(=O)OCC=C[C@@H]3S[C@@]23C=CCN(Cc2ccccc2)C(=O)C13. The van der Waals surface area contributed by atoms with E-state index in [0.29, 0.717) is 13.1 Å². The van der Waals surface area contributed by atoms with E-state index in [4.69, 9.17) is 4.74 Å². The van der Waals surface area contributed by atoms with Crippen molar-refractivity contribution in [3.05, 3.63) is 60.2 Å². The molecule has 1 aromatic rings. The summed E-state index contributed by atoms with van der Waals surface area (Å²) in [5.74, 6) is -2.22. The average molecular weight is 483 g/mol. The topological polar surface area (TPSA) is 87.2 Å². The Morgan fingerprint density at radius 2 is 1.91 bits per heavy atom. The number of amides is 2. The number of esters is 1. The number of hydrogen-bond acceptors (Lipinski definition) is 6. The van der Waals surface area contributed by atoms with Crippen LogP contribution in [-0.4, -0.2) is 74.5 Å². The maximum Gasteiger partial charge on any atom is 0.311 e. The Hall–Kier alpha value is -2.58. The molecule has 180 valence electrons. The van der Waals surface area contributed by atoms with Crippen molar-refractivity contribution in [2.24, 2.45) is 17.8 Å². The summed E-state index contributed by atoms with van der Waals surface area (Å²) in [6.45, 7) is 4.66. The quantitative estimate of drug-likeness (QED) is 0.510. The normalized spacial score (nSPS) is 33.4. The molecule has 1 unspecified atom stereocenters. The van der Waals surface area contributed by atoms with Gasteiger partial charge in [-0.15, -0.1) is 11.8 Å². The van der Waals surface area contributed by atoms with Gasteiger partial charge in [0.25, 0.3) is 0 Å². The lowest BCUT2D eigenvalue weighted by Gasteiger charge is -2.39. The van der Waals surface area contributed by atoms with Crippen molar-refractivity contribution >= 4 is 29.5 Å². The number of likely N-dealkylation sites (tertiary alicyclic amines) is 1. The fourth-order valence-corrected chi connectivity index (χ4v) is 7.87. The first-order valence-electron chi connectivity index (χ1n) is 11.8. The molecule has 4 aliphatic rings. The van der Waals surface area contributed by atoms with Crippen LogP contribution in [-0.2, 0) is 25.7 Å². The highest BCUT2D eigenvalue weighted by Gasteiger charge is 2.71. The van der Waals surface area contributed by atoms with Gasteiger partial charge in [0, 0.05) is 18.3 Å². The van der Waals surface area contributed by atoms with Gasteiger partial charge in [0.1, 0.15) is 12.6 Å². The smallest absolute Gasteiger partial charge is 0.311 e. The summed E-state index contributed by atoms with van der Waals surface area (Å²) in [5, 5.41) is 10.0. The number of nitrogens with zero attached hydrogens (tertiary/aromatic N) is 2. The first-order chi connectivity index (χ1) is 16.4. The number of thioether (sulfide) groups is 1. The zero-order valence-electron chi connectivity index (χ0n) is 19.4. The highest BCUT2D eigenvalue weighted by Crippen LogP contribution is 2.61.